The molecule has 134 valence electrons. The highest BCUT2D eigenvalue weighted by Gasteiger charge is 2.35. The van der Waals surface area contributed by atoms with Crippen LogP contribution in [0.15, 0.2) is 18.2 Å². The molecule has 3 aliphatic heterocycles. The number of ether oxygens (including phenoxy) is 1. The molecule has 2 fully saturated rings. The highest BCUT2D eigenvalue weighted by molar-refractivity contribution is 5.89. The second-order valence-corrected chi connectivity index (χ2v) is 7.32. The van der Waals surface area contributed by atoms with Crippen molar-refractivity contribution in [2.24, 2.45) is 5.92 Å². The van der Waals surface area contributed by atoms with E-state index in [-0.39, 0.29) is 17.7 Å². The highest BCUT2D eigenvalue weighted by Crippen LogP contribution is 2.26. The fourth-order valence-electron chi connectivity index (χ4n) is 4.01. The van der Waals surface area contributed by atoms with Crippen molar-refractivity contribution in [3.05, 3.63) is 29.3 Å². The lowest BCUT2D eigenvalue weighted by molar-refractivity contribution is -0.137. The van der Waals surface area contributed by atoms with Crippen LogP contribution in [0.2, 0.25) is 0 Å². The van der Waals surface area contributed by atoms with Crippen molar-refractivity contribution in [2.75, 3.05) is 46.4 Å². The van der Waals surface area contributed by atoms with Crippen LogP contribution >= 0.6 is 0 Å². The number of likely N-dealkylation sites (tertiary alicyclic amines) is 1. The van der Waals surface area contributed by atoms with Crippen LogP contribution in [-0.4, -0.2) is 72.9 Å². The molecule has 2 amide bonds. The highest BCUT2D eigenvalue weighted by atomic mass is 16.5. The molecule has 1 atom stereocenters. The summed E-state index contributed by atoms with van der Waals surface area (Å²) in [7, 11) is 1.77. The topological polar surface area (TPSA) is 53.1 Å². The maximum absolute atomic E-state index is 12.6. The number of carbonyl (C=O) groups excluding carboxylic acids is 2. The third kappa shape index (κ3) is 3.35. The van der Waals surface area contributed by atoms with E-state index in [9.17, 15) is 9.59 Å². The van der Waals surface area contributed by atoms with E-state index in [1.54, 1.807) is 11.9 Å². The second kappa shape index (κ2) is 6.67. The Labute approximate surface area is 148 Å². The van der Waals surface area contributed by atoms with E-state index >= 15 is 0 Å². The summed E-state index contributed by atoms with van der Waals surface area (Å²) in [6.07, 6.45) is 1.37. The number of benzene rings is 1. The lowest BCUT2D eigenvalue weighted by Crippen LogP contribution is -2.50. The Balaban J connectivity index is 1.30. The lowest BCUT2D eigenvalue weighted by Gasteiger charge is -2.36. The van der Waals surface area contributed by atoms with Gasteiger partial charge in [0.2, 0.25) is 11.8 Å². The fraction of sp³-hybridized carbons (Fsp3) is 0.579. The van der Waals surface area contributed by atoms with Crippen LogP contribution in [-0.2, 0) is 22.6 Å². The zero-order valence-electron chi connectivity index (χ0n) is 14.7. The van der Waals surface area contributed by atoms with Gasteiger partial charge in [0.25, 0.3) is 0 Å². The zero-order valence-corrected chi connectivity index (χ0v) is 14.7. The van der Waals surface area contributed by atoms with E-state index in [2.05, 4.69) is 23.1 Å². The maximum atomic E-state index is 12.6. The molecule has 2 saturated heterocycles. The normalized spacial score (nSPS) is 23.7. The number of rotatable bonds is 3. The molecule has 0 aliphatic carbocycles. The number of hydrogen-bond acceptors (Lipinski definition) is 4. The molecule has 6 nitrogen and oxygen atoms in total. The van der Waals surface area contributed by atoms with Crippen molar-refractivity contribution in [2.45, 2.75) is 19.4 Å². The van der Waals surface area contributed by atoms with Crippen molar-refractivity contribution >= 4 is 11.8 Å². The van der Waals surface area contributed by atoms with E-state index in [0.29, 0.717) is 13.0 Å². The molecule has 1 aromatic rings. The van der Waals surface area contributed by atoms with Crippen LogP contribution in [0, 0.1) is 5.92 Å². The Bertz CT molecular complexity index is 682. The molecule has 0 N–H and O–H groups in total. The van der Waals surface area contributed by atoms with Gasteiger partial charge in [-0.15, -0.1) is 0 Å². The van der Waals surface area contributed by atoms with Gasteiger partial charge in [-0.05, 0) is 17.2 Å². The Kier molecular flexibility index (Phi) is 4.37. The fourth-order valence-corrected chi connectivity index (χ4v) is 4.01. The van der Waals surface area contributed by atoms with Gasteiger partial charge < -0.3 is 14.5 Å². The minimum absolute atomic E-state index is 0.0811. The molecular weight excluding hydrogens is 318 g/mol. The molecule has 3 aliphatic rings. The molecule has 3 heterocycles. The quantitative estimate of drug-likeness (QED) is 0.813. The minimum atomic E-state index is -0.152. The molecule has 6 heteroatoms. The maximum Gasteiger partial charge on any atom is 0.228 e. The second-order valence-electron chi connectivity index (χ2n) is 7.32. The standard InChI is InChI=1S/C19H25N3O3/c1-20-13-16(11-18(20)23)19(24)22-7-5-21(6-8-22)12-14-2-3-17-15(10-14)4-9-25-17/h2-3,10,16H,4-9,11-13H2,1H3. The Morgan fingerprint density at radius 1 is 1.24 bits per heavy atom. The van der Waals surface area contributed by atoms with Crippen LogP contribution in [0.5, 0.6) is 5.75 Å². The van der Waals surface area contributed by atoms with E-state index in [4.69, 9.17) is 4.74 Å². The van der Waals surface area contributed by atoms with Crippen molar-refractivity contribution in [3.63, 3.8) is 0 Å². The van der Waals surface area contributed by atoms with Crippen molar-refractivity contribution < 1.29 is 14.3 Å². The minimum Gasteiger partial charge on any atom is -0.493 e. The summed E-state index contributed by atoms with van der Waals surface area (Å²) in [6, 6.07) is 6.46. The van der Waals surface area contributed by atoms with Crippen LogP contribution in [0.4, 0.5) is 0 Å². The number of fused-ring (bicyclic) bond motifs is 1. The first-order valence-corrected chi connectivity index (χ1v) is 9.10. The molecule has 0 spiro atoms. The van der Waals surface area contributed by atoms with E-state index in [0.717, 1.165) is 51.5 Å². The Morgan fingerprint density at radius 3 is 2.76 bits per heavy atom. The van der Waals surface area contributed by atoms with Gasteiger partial charge in [0.1, 0.15) is 5.75 Å². The van der Waals surface area contributed by atoms with E-state index < -0.39 is 0 Å². The molecule has 0 saturated carbocycles. The number of amides is 2. The monoisotopic (exact) mass is 343 g/mol. The van der Waals surface area contributed by atoms with Gasteiger partial charge in [-0.2, -0.15) is 0 Å². The SMILES string of the molecule is CN1CC(C(=O)N2CCN(Cc3ccc4c(c3)CCO4)CC2)CC1=O. The smallest absolute Gasteiger partial charge is 0.228 e. The van der Waals surface area contributed by atoms with Crippen LogP contribution in [0.1, 0.15) is 17.5 Å². The average molecular weight is 343 g/mol. The third-order valence-electron chi connectivity index (χ3n) is 5.53. The van der Waals surface area contributed by atoms with Gasteiger partial charge in [0, 0.05) is 59.2 Å². The summed E-state index contributed by atoms with van der Waals surface area (Å²) < 4.78 is 5.56. The first-order chi connectivity index (χ1) is 12.1. The summed E-state index contributed by atoms with van der Waals surface area (Å²) in [4.78, 5) is 30.2. The van der Waals surface area contributed by atoms with Crippen LogP contribution < -0.4 is 4.74 Å². The van der Waals surface area contributed by atoms with Crippen LogP contribution in [0.25, 0.3) is 0 Å². The molecule has 25 heavy (non-hydrogen) atoms. The Hall–Kier alpha value is -2.08. The van der Waals surface area contributed by atoms with Gasteiger partial charge in [-0.3, -0.25) is 14.5 Å². The summed E-state index contributed by atoms with van der Waals surface area (Å²) in [5.74, 6) is 1.10. The first-order valence-electron chi connectivity index (χ1n) is 9.10. The van der Waals surface area contributed by atoms with Gasteiger partial charge in [-0.25, -0.2) is 0 Å². The van der Waals surface area contributed by atoms with Crippen molar-refractivity contribution in [1.29, 1.82) is 0 Å². The van der Waals surface area contributed by atoms with Crippen LogP contribution in [0.3, 0.4) is 0 Å². The third-order valence-corrected chi connectivity index (χ3v) is 5.53. The van der Waals surface area contributed by atoms with Crippen molar-refractivity contribution in [1.82, 2.24) is 14.7 Å². The van der Waals surface area contributed by atoms with Gasteiger partial charge >= 0.3 is 0 Å². The average Bonchev–Trinajstić information content (AvgIpc) is 3.21. The van der Waals surface area contributed by atoms with Crippen molar-refractivity contribution in [3.8, 4) is 5.75 Å². The first kappa shape index (κ1) is 16.4. The van der Waals surface area contributed by atoms with Gasteiger partial charge in [-0.1, -0.05) is 12.1 Å². The number of piperazine rings is 1. The molecule has 0 bridgehead atoms. The zero-order chi connectivity index (χ0) is 17.4. The van der Waals surface area contributed by atoms with Gasteiger partial charge in [0.15, 0.2) is 0 Å². The summed E-state index contributed by atoms with van der Waals surface area (Å²) in [6.45, 7) is 5.54. The van der Waals surface area contributed by atoms with Gasteiger partial charge in [0.05, 0.1) is 12.5 Å². The largest absolute Gasteiger partial charge is 0.493 e. The lowest BCUT2D eigenvalue weighted by atomic mass is 10.1. The van der Waals surface area contributed by atoms with E-state index in [1.807, 2.05) is 4.90 Å². The number of nitrogens with zero attached hydrogens (tertiary/aromatic N) is 3. The molecule has 0 aromatic heterocycles. The molecule has 4 rings (SSSR count). The number of carbonyl (C=O) groups is 2. The molecule has 1 unspecified atom stereocenters. The van der Waals surface area contributed by atoms with E-state index in [1.165, 1.54) is 11.1 Å². The predicted octanol–water partition coefficient (Wildman–Crippen LogP) is 0.744. The summed E-state index contributed by atoms with van der Waals surface area (Å²) in [5.41, 5.74) is 2.62. The summed E-state index contributed by atoms with van der Waals surface area (Å²) in [5, 5.41) is 0. The number of hydrogen-bond donors (Lipinski definition) is 0. The molecule has 1 aromatic carbocycles. The Morgan fingerprint density at radius 2 is 2.04 bits per heavy atom. The predicted molar refractivity (Wildman–Crippen MR) is 93.2 cm³/mol. The molecular formula is C19H25N3O3. The summed E-state index contributed by atoms with van der Waals surface area (Å²) >= 11 is 0. The molecule has 0 radical (unpaired) electrons.